The Balaban J connectivity index is 0.775. The maximum absolute atomic E-state index is 13.1. The summed E-state index contributed by atoms with van der Waals surface area (Å²) in [5.74, 6) is -3.40. The van der Waals surface area contributed by atoms with Crippen molar-refractivity contribution in [3.8, 4) is 0 Å². The molecule has 0 aromatic heterocycles. The summed E-state index contributed by atoms with van der Waals surface area (Å²) in [5, 5.41) is 0. The minimum atomic E-state index is -0.462. The van der Waals surface area contributed by atoms with Crippen molar-refractivity contribution in [2.75, 3.05) is 0 Å². The van der Waals surface area contributed by atoms with Crippen LogP contribution in [0.1, 0.15) is 77.0 Å². The number of carbonyl (C=O) groups excluding carboxylic acids is 6. The number of fused-ring (bicyclic) bond motifs is 10. The lowest BCUT2D eigenvalue weighted by atomic mass is 9.72. The van der Waals surface area contributed by atoms with Crippen molar-refractivity contribution in [3.63, 3.8) is 0 Å². The largest absolute Gasteiger partial charge is 0.462 e. The summed E-state index contributed by atoms with van der Waals surface area (Å²) in [6, 6.07) is 0. The number of ether oxygens (including phenoxy) is 4. The first-order chi connectivity index (χ1) is 20.3. The van der Waals surface area contributed by atoms with Crippen molar-refractivity contribution in [2.24, 2.45) is 71.0 Å². The van der Waals surface area contributed by atoms with Gasteiger partial charge in [-0.1, -0.05) is 0 Å². The maximum Gasteiger partial charge on any atom is 0.317 e. The lowest BCUT2D eigenvalue weighted by molar-refractivity contribution is -0.162. The molecule has 0 aromatic carbocycles. The van der Waals surface area contributed by atoms with Gasteiger partial charge in [-0.05, 0) is 113 Å². The van der Waals surface area contributed by atoms with E-state index in [9.17, 15) is 28.8 Å². The van der Waals surface area contributed by atoms with E-state index in [0.717, 1.165) is 64.2 Å². The van der Waals surface area contributed by atoms with Crippen LogP contribution in [0.4, 0.5) is 0 Å². The van der Waals surface area contributed by atoms with Gasteiger partial charge in [-0.3, -0.25) is 28.8 Å². The molecule has 10 unspecified atom stereocenters. The molecule has 10 heteroatoms. The summed E-state index contributed by atoms with van der Waals surface area (Å²) in [6.45, 7) is 0. The van der Waals surface area contributed by atoms with Crippen LogP contribution in [0.2, 0.25) is 0 Å². The highest BCUT2D eigenvalue weighted by Gasteiger charge is 2.66. The molecule has 10 nitrogen and oxygen atoms in total. The first-order valence-electron chi connectivity index (χ1n) is 16.2. The van der Waals surface area contributed by atoms with E-state index in [2.05, 4.69) is 0 Å². The fraction of sp³-hybridized carbons (Fsp3) is 0.812. The van der Waals surface area contributed by atoms with Crippen LogP contribution in [0.25, 0.3) is 0 Å². The second kappa shape index (κ2) is 9.88. The smallest absolute Gasteiger partial charge is 0.317 e. The summed E-state index contributed by atoms with van der Waals surface area (Å²) in [4.78, 5) is 74.5. The average Bonchev–Trinajstić information content (AvgIpc) is 3.81. The number of carbonyl (C=O) groups is 6. The van der Waals surface area contributed by atoms with Gasteiger partial charge in [0.2, 0.25) is 0 Å². The normalized spacial score (nSPS) is 48.6. The standard InChI is InChI=1S/C32H38O10/c33-27(21-11-15-9-19(21)25-23(15)29(35)41-31(25)37)39-17-5-1-13(2-6-17)14-3-7-18(8-4-14)40-28(34)22-12-16-10-20(22)26-24(16)30(36)42-32(26)38/h13-26H,1-12H2. The van der Waals surface area contributed by atoms with Gasteiger partial charge in [-0.2, -0.15) is 0 Å². The quantitative estimate of drug-likeness (QED) is 0.270. The molecule has 2 aliphatic heterocycles. The lowest BCUT2D eigenvalue weighted by Gasteiger charge is -2.38. The van der Waals surface area contributed by atoms with E-state index < -0.39 is 35.7 Å². The number of hydrogen-bond acceptors (Lipinski definition) is 10. The molecule has 8 rings (SSSR count). The van der Waals surface area contributed by atoms with Crippen molar-refractivity contribution >= 4 is 35.8 Å². The molecule has 2 saturated heterocycles. The molecule has 6 saturated carbocycles. The number of esters is 6. The minimum Gasteiger partial charge on any atom is -0.462 e. The predicted octanol–water partition coefficient (Wildman–Crippen LogP) is 3.13. The third kappa shape index (κ3) is 4.09. The van der Waals surface area contributed by atoms with Crippen molar-refractivity contribution in [1.82, 2.24) is 0 Å². The van der Waals surface area contributed by atoms with E-state index in [1.807, 2.05) is 0 Å². The molecule has 8 aliphatic rings. The molecule has 42 heavy (non-hydrogen) atoms. The zero-order chi connectivity index (χ0) is 28.9. The Morgan fingerprint density at radius 1 is 0.476 bits per heavy atom. The highest BCUT2D eigenvalue weighted by Crippen LogP contribution is 2.59. The van der Waals surface area contributed by atoms with E-state index in [1.54, 1.807) is 0 Å². The van der Waals surface area contributed by atoms with Crippen LogP contribution in [0.5, 0.6) is 0 Å². The molecule has 2 heterocycles. The summed E-state index contributed by atoms with van der Waals surface area (Å²) in [7, 11) is 0. The highest BCUT2D eigenvalue weighted by atomic mass is 16.6. The van der Waals surface area contributed by atoms with E-state index in [-0.39, 0.29) is 71.5 Å². The second-order valence-corrected chi connectivity index (χ2v) is 14.5. The van der Waals surface area contributed by atoms with Gasteiger partial charge in [-0.15, -0.1) is 0 Å². The van der Waals surface area contributed by atoms with Gasteiger partial charge in [-0.25, -0.2) is 0 Å². The van der Waals surface area contributed by atoms with E-state index in [1.165, 1.54) is 0 Å². The Hall–Kier alpha value is -2.78. The molecule has 0 amide bonds. The Kier molecular flexibility index (Phi) is 6.31. The summed E-state index contributed by atoms with van der Waals surface area (Å²) in [6.07, 6.45) is 9.94. The SMILES string of the molecule is O=C(OC1CCC(C2CCC(OC(=O)C3CC4CC3C3C(=O)OC(=O)C43)CC2)CC1)C1CC2CC1C1C(=O)OC(=O)C21. The summed E-state index contributed by atoms with van der Waals surface area (Å²) in [5.41, 5.74) is 0. The molecule has 10 atom stereocenters. The molecular weight excluding hydrogens is 544 g/mol. The fourth-order valence-electron chi connectivity index (χ4n) is 10.9. The molecule has 8 fully saturated rings. The van der Waals surface area contributed by atoms with E-state index in [4.69, 9.17) is 18.9 Å². The molecule has 0 radical (unpaired) electrons. The van der Waals surface area contributed by atoms with Gasteiger partial charge in [0, 0.05) is 0 Å². The highest BCUT2D eigenvalue weighted by molar-refractivity contribution is 5.99. The van der Waals surface area contributed by atoms with Crippen molar-refractivity contribution < 1.29 is 47.7 Å². The van der Waals surface area contributed by atoms with Crippen LogP contribution >= 0.6 is 0 Å². The van der Waals surface area contributed by atoms with Crippen LogP contribution in [0.3, 0.4) is 0 Å². The van der Waals surface area contributed by atoms with Gasteiger partial charge in [0.1, 0.15) is 12.2 Å². The minimum absolute atomic E-state index is 0.0547. The molecule has 226 valence electrons. The van der Waals surface area contributed by atoms with Gasteiger partial charge in [0.05, 0.1) is 35.5 Å². The second-order valence-electron chi connectivity index (χ2n) is 14.5. The van der Waals surface area contributed by atoms with Crippen molar-refractivity contribution in [3.05, 3.63) is 0 Å². The molecule has 0 aromatic rings. The van der Waals surface area contributed by atoms with E-state index >= 15 is 0 Å². The topological polar surface area (TPSA) is 139 Å². The van der Waals surface area contributed by atoms with Crippen molar-refractivity contribution in [1.29, 1.82) is 0 Å². The van der Waals surface area contributed by atoms with Gasteiger partial charge >= 0.3 is 35.8 Å². The molecule has 4 bridgehead atoms. The Labute approximate surface area is 243 Å². The predicted molar refractivity (Wildman–Crippen MR) is 139 cm³/mol. The first kappa shape index (κ1) is 26.8. The number of cyclic esters (lactones) is 4. The van der Waals surface area contributed by atoms with Gasteiger partial charge in [0.15, 0.2) is 0 Å². The van der Waals surface area contributed by atoms with Crippen LogP contribution < -0.4 is 0 Å². The summed E-state index contributed by atoms with van der Waals surface area (Å²) >= 11 is 0. The third-order valence-corrected chi connectivity index (χ3v) is 12.8. The Morgan fingerprint density at radius 3 is 1.21 bits per heavy atom. The average molecular weight is 583 g/mol. The van der Waals surface area contributed by atoms with Crippen LogP contribution in [0.15, 0.2) is 0 Å². The van der Waals surface area contributed by atoms with Gasteiger partial charge < -0.3 is 18.9 Å². The Morgan fingerprint density at radius 2 is 0.833 bits per heavy atom. The van der Waals surface area contributed by atoms with Gasteiger partial charge in [0.25, 0.3) is 0 Å². The first-order valence-corrected chi connectivity index (χ1v) is 16.2. The zero-order valence-electron chi connectivity index (χ0n) is 23.7. The third-order valence-electron chi connectivity index (χ3n) is 12.8. The van der Waals surface area contributed by atoms with E-state index in [0.29, 0.717) is 24.7 Å². The molecule has 0 spiro atoms. The zero-order valence-corrected chi connectivity index (χ0v) is 23.7. The fourth-order valence-corrected chi connectivity index (χ4v) is 10.9. The molecular formula is C32H38O10. The maximum atomic E-state index is 13.1. The van der Waals surface area contributed by atoms with Crippen molar-refractivity contribution in [2.45, 2.75) is 89.3 Å². The monoisotopic (exact) mass is 582 g/mol. The molecule has 0 N–H and O–H groups in total. The molecule has 6 aliphatic carbocycles. The van der Waals surface area contributed by atoms with Crippen LogP contribution in [0, 0.1) is 71.0 Å². The van der Waals surface area contributed by atoms with Crippen LogP contribution in [-0.4, -0.2) is 48.0 Å². The number of hydrogen-bond donors (Lipinski definition) is 0. The number of rotatable bonds is 5. The Bertz CT molecular complexity index is 1130. The summed E-state index contributed by atoms with van der Waals surface area (Å²) < 4.78 is 21.6. The van der Waals surface area contributed by atoms with Crippen LogP contribution in [-0.2, 0) is 47.7 Å². The lowest BCUT2D eigenvalue weighted by Crippen LogP contribution is -2.38.